The molecular formula is C12H16BrClN2O. The molecule has 1 aliphatic rings. The minimum absolute atomic E-state index is 0. The molecular weight excluding hydrogens is 304 g/mol. The lowest BCUT2D eigenvalue weighted by molar-refractivity contribution is -0.133. The van der Waals surface area contributed by atoms with Crippen molar-refractivity contribution in [1.29, 1.82) is 0 Å². The van der Waals surface area contributed by atoms with Crippen molar-refractivity contribution in [2.24, 2.45) is 5.73 Å². The lowest BCUT2D eigenvalue weighted by Crippen LogP contribution is -2.44. The minimum atomic E-state index is -0.409. The van der Waals surface area contributed by atoms with E-state index in [0.29, 0.717) is 6.54 Å². The fourth-order valence-corrected chi connectivity index (χ4v) is 2.64. The Labute approximate surface area is 116 Å². The van der Waals surface area contributed by atoms with Gasteiger partial charge in [0.05, 0.1) is 6.04 Å². The number of halogens is 2. The van der Waals surface area contributed by atoms with E-state index >= 15 is 0 Å². The number of nitrogens with zero attached hydrogens (tertiary/aromatic N) is 1. The second kappa shape index (κ2) is 5.85. The second-order valence-corrected chi connectivity index (χ2v) is 5.03. The molecule has 0 spiro atoms. The molecule has 1 aromatic rings. The predicted molar refractivity (Wildman–Crippen MR) is 74.2 cm³/mol. The standard InChI is InChI=1S/C12H15BrN2O.ClH/c1-8(14)12(16)15-6-5-10-9(7-15)3-2-4-11(10)13;/h2-4,8H,5-7,14H2,1H3;1H/t8-;/m1./s1. The molecule has 0 aliphatic carbocycles. The van der Waals surface area contributed by atoms with Gasteiger partial charge in [-0.2, -0.15) is 0 Å². The maximum absolute atomic E-state index is 11.8. The fourth-order valence-electron chi connectivity index (χ4n) is 2.04. The van der Waals surface area contributed by atoms with Gasteiger partial charge in [0.15, 0.2) is 0 Å². The van der Waals surface area contributed by atoms with Crippen molar-refractivity contribution in [3.63, 3.8) is 0 Å². The van der Waals surface area contributed by atoms with Gasteiger partial charge in [-0.05, 0) is 30.5 Å². The molecule has 3 nitrogen and oxygen atoms in total. The van der Waals surface area contributed by atoms with Crippen molar-refractivity contribution in [2.45, 2.75) is 25.9 Å². The Hall–Kier alpha value is -0.580. The van der Waals surface area contributed by atoms with Gasteiger partial charge in [-0.1, -0.05) is 28.1 Å². The van der Waals surface area contributed by atoms with Crippen molar-refractivity contribution >= 4 is 34.2 Å². The van der Waals surface area contributed by atoms with Crippen LogP contribution < -0.4 is 5.73 Å². The van der Waals surface area contributed by atoms with Gasteiger partial charge in [0.1, 0.15) is 0 Å². The average molecular weight is 320 g/mol. The Morgan fingerprint density at radius 3 is 2.88 bits per heavy atom. The van der Waals surface area contributed by atoms with E-state index in [2.05, 4.69) is 22.0 Å². The molecule has 17 heavy (non-hydrogen) atoms. The zero-order chi connectivity index (χ0) is 11.7. The third-order valence-corrected chi connectivity index (χ3v) is 3.65. The lowest BCUT2D eigenvalue weighted by Gasteiger charge is -2.30. The van der Waals surface area contributed by atoms with Gasteiger partial charge in [-0.3, -0.25) is 4.79 Å². The first-order chi connectivity index (χ1) is 7.59. The first kappa shape index (κ1) is 14.5. The SMILES string of the molecule is C[C@@H](N)C(=O)N1CCc2c(Br)cccc2C1.Cl. The highest BCUT2D eigenvalue weighted by molar-refractivity contribution is 9.10. The number of rotatable bonds is 1. The van der Waals surface area contributed by atoms with Crippen LogP contribution in [-0.4, -0.2) is 23.4 Å². The van der Waals surface area contributed by atoms with E-state index in [9.17, 15) is 4.79 Å². The Bertz CT molecular complexity index is 423. The zero-order valence-electron chi connectivity index (χ0n) is 9.65. The molecule has 94 valence electrons. The maximum Gasteiger partial charge on any atom is 0.239 e. The van der Waals surface area contributed by atoms with E-state index in [1.165, 1.54) is 11.1 Å². The molecule has 0 bridgehead atoms. The maximum atomic E-state index is 11.8. The molecule has 5 heteroatoms. The van der Waals surface area contributed by atoms with Crippen LogP contribution in [0.4, 0.5) is 0 Å². The fraction of sp³-hybridized carbons (Fsp3) is 0.417. The van der Waals surface area contributed by atoms with E-state index in [-0.39, 0.29) is 18.3 Å². The Kier molecular flexibility index (Phi) is 4.98. The number of nitrogens with two attached hydrogens (primary N) is 1. The molecule has 1 aromatic carbocycles. The summed E-state index contributed by atoms with van der Waals surface area (Å²) >= 11 is 3.54. The van der Waals surface area contributed by atoms with Gasteiger partial charge in [0, 0.05) is 17.6 Å². The Morgan fingerprint density at radius 1 is 1.53 bits per heavy atom. The van der Waals surface area contributed by atoms with Crippen molar-refractivity contribution < 1.29 is 4.79 Å². The van der Waals surface area contributed by atoms with Crippen LogP contribution in [0.5, 0.6) is 0 Å². The first-order valence-corrected chi connectivity index (χ1v) is 6.19. The summed E-state index contributed by atoms with van der Waals surface area (Å²) in [6.45, 7) is 3.17. The number of carbonyl (C=O) groups is 1. The molecule has 2 N–H and O–H groups in total. The molecule has 0 radical (unpaired) electrons. The summed E-state index contributed by atoms with van der Waals surface area (Å²) in [5.74, 6) is 0.0330. The molecule has 2 rings (SSSR count). The van der Waals surface area contributed by atoms with Crippen LogP contribution in [0.1, 0.15) is 18.1 Å². The average Bonchev–Trinajstić information content (AvgIpc) is 2.28. The van der Waals surface area contributed by atoms with Crippen LogP contribution in [0, 0.1) is 0 Å². The first-order valence-electron chi connectivity index (χ1n) is 5.40. The van der Waals surface area contributed by atoms with Gasteiger partial charge in [-0.25, -0.2) is 0 Å². The minimum Gasteiger partial charge on any atom is -0.337 e. The van der Waals surface area contributed by atoms with Gasteiger partial charge in [0.25, 0.3) is 0 Å². The van der Waals surface area contributed by atoms with Crippen molar-refractivity contribution in [3.05, 3.63) is 33.8 Å². The highest BCUT2D eigenvalue weighted by Crippen LogP contribution is 2.26. The molecule has 0 saturated heterocycles. The third kappa shape index (κ3) is 3.00. The number of amides is 1. The van der Waals surface area contributed by atoms with Gasteiger partial charge in [-0.15, -0.1) is 12.4 Å². The summed E-state index contributed by atoms with van der Waals surface area (Å²) in [6, 6.07) is 5.71. The second-order valence-electron chi connectivity index (χ2n) is 4.18. The quantitative estimate of drug-likeness (QED) is 0.861. The number of hydrogen-bond donors (Lipinski definition) is 1. The highest BCUT2D eigenvalue weighted by Gasteiger charge is 2.23. The summed E-state index contributed by atoms with van der Waals surface area (Å²) in [7, 11) is 0. The molecule has 0 aromatic heterocycles. The summed E-state index contributed by atoms with van der Waals surface area (Å²) in [6.07, 6.45) is 0.898. The van der Waals surface area contributed by atoms with Crippen LogP contribution in [0.3, 0.4) is 0 Å². The topological polar surface area (TPSA) is 46.3 Å². The summed E-state index contributed by atoms with van der Waals surface area (Å²) < 4.78 is 1.14. The molecule has 1 amide bonds. The monoisotopic (exact) mass is 318 g/mol. The Balaban J connectivity index is 0.00000144. The number of hydrogen-bond acceptors (Lipinski definition) is 2. The number of fused-ring (bicyclic) bond motifs is 1. The van der Waals surface area contributed by atoms with Crippen LogP contribution in [0.25, 0.3) is 0 Å². The highest BCUT2D eigenvalue weighted by atomic mass is 79.9. The molecule has 1 aliphatic heterocycles. The molecule has 1 atom stereocenters. The van der Waals surface area contributed by atoms with Crippen molar-refractivity contribution in [3.8, 4) is 0 Å². The van der Waals surface area contributed by atoms with E-state index in [1.807, 2.05) is 17.0 Å². The molecule has 0 unspecified atom stereocenters. The number of carbonyl (C=O) groups excluding carboxylic acids is 1. The van der Waals surface area contributed by atoms with E-state index in [4.69, 9.17) is 5.73 Å². The summed E-state index contributed by atoms with van der Waals surface area (Å²) in [5, 5.41) is 0. The lowest BCUT2D eigenvalue weighted by atomic mass is 9.99. The van der Waals surface area contributed by atoms with Crippen LogP contribution >= 0.6 is 28.3 Å². The molecule has 0 saturated carbocycles. The normalized spacial score (nSPS) is 15.8. The smallest absolute Gasteiger partial charge is 0.239 e. The van der Waals surface area contributed by atoms with E-state index in [1.54, 1.807) is 6.92 Å². The van der Waals surface area contributed by atoms with Crippen molar-refractivity contribution in [1.82, 2.24) is 4.90 Å². The Morgan fingerprint density at radius 2 is 2.24 bits per heavy atom. The largest absolute Gasteiger partial charge is 0.337 e. The van der Waals surface area contributed by atoms with Crippen LogP contribution in [-0.2, 0) is 17.8 Å². The van der Waals surface area contributed by atoms with Crippen molar-refractivity contribution in [2.75, 3.05) is 6.54 Å². The van der Waals surface area contributed by atoms with Crippen LogP contribution in [0.2, 0.25) is 0 Å². The molecule has 0 fully saturated rings. The predicted octanol–water partition coefficient (Wildman–Crippen LogP) is 2.10. The van der Waals surface area contributed by atoms with Crippen LogP contribution in [0.15, 0.2) is 22.7 Å². The summed E-state index contributed by atoms with van der Waals surface area (Å²) in [5.41, 5.74) is 8.15. The molecule has 1 heterocycles. The van der Waals surface area contributed by atoms with E-state index in [0.717, 1.165) is 17.4 Å². The third-order valence-electron chi connectivity index (χ3n) is 2.91. The van der Waals surface area contributed by atoms with Gasteiger partial charge >= 0.3 is 0 Å². The van der Waals surface area contributed by atoms with Gasteiger partial charge < -0.3 is 10.6 Å². The zero-order valence-corrected chi connectivity index (χ0v) is 12.1. The summed E-state index contributed by atoms with van der Waals surface area (Å²) in [4.78, 5) is 13.6. The number of benzene rings is 1. The van der Waals surface area contributed by atoms with E-state index < -0.39 is 6.04 Å². The van der Waals surface area contributed by atoms with Gasteiger partial charge in [0.2, 0.25) is 5.91 Å².